The second-order valence-electron chi connectivity index (χ2n) is 9.40. The lowest BCUT2D eigenvalue weighted by Gasteiger charge is -2.31. The number of piperidine rings is 1. The van der Waals surface area contributed by atoms with E-state index in [1.54, 1.807) is 13.0 Å². The highest BCUT2D eigenvalue weighted by Gasteiger charge is 2.37. The molecule has 4 rings (SSSR count). The summed E-state index contributed by atoms with van der Waals surface area (Å²) in [6.07, 6.45) is 5.61. The fourth-order valence-electron chi connectivity index (χ4n) is 4.52. The summed E-state index contributed by atoms with van der Waals surface area (Å²) < 4.78 is 34.2. The number of nitrogens with zero attached hydrogens (tertiary/aromatic N) is 2. The summed E-state index contributed by atoms with van der Waals surface area (Å²) in [5, 5.41) is 6.91. The quantitative estimate of drug-likeness (QED) is 0.464. The minimum absolute atomic E-state index is 0.0563. The number of carbonyl (C=O) groups excluding carboxylic acids is 1. The fraction of sp³-hybridized carbons (Fsp3) is 0.357. The van der Waals surface area contributed by atoms with Crippen LogP contribution >= 0.6 is 0 Å². The number of sulfonamides is 1. The Morgan fingerprint density at radius 2 is 1.97 bits per heavy atom. The third-order valence-corrected chi connectivity index (χ3v) is 8.66. The highest BCUT2D eigenvalue weighted by molar-refractivity contribution is 7.89. The van der Waals surface area contributed by atoms with Gasteiger partial charge >= 0.3 is 0 Å². The van der Waals surface area contributed by atoms with Gasteiger partial charge in [-0.1, -0.05) is 54.1 Å². The van der Waals surface area contributed by atoms with Crippen molar-refractivity contribution in [1.82, 2.24) is 9.46 Å². The maximum atomic E-state index is 13.7. The molecule has 0 spiro atoms. The first-order valence-corrected chi connectivity index (χ1v) is 13.7. The molecule has 190 valence electrons. The van der Waals surface area contributed by atoms with Gasteiger partial charge in [0.1, 0.15) is 5.69 Å². The lowest BCUT2D eigenvalue weighted by Crippen LogP contribution is -2.43. The van der Waals surface area contributed by atoms with E-state index in [4.69, 9.17) is 4.52 Å². The molecule has 0 radical (unpaired) electrons. The van der Waals surface area contributed by atoms with Gasteiger partial charge in [-0.3, -0.25) is 4.79 Å². The Balaban J connectivity index is 1.54. The van der Waals surface area contributed by atoms with Crippen LogP contribution in [-0.2, 0) is 21.2 Å². The van der Waals surface area contributed by atoms with E-state index >= 15 is 0 Å². The number of hydrogen-bond acceptors (Lipinski definition) is 5. The Hall–Kier alpha value is -3.23. The molecule has 1 aliphatic heterocycles. The normalized spacial score (nSPS) is 16.9. The van der Waals surface area contributed by atoms with Crippen LogP contribution in [0.3, 0.4) is 0 Å². The first-order chi connectivity index (χ1) is 17.2. The predicted octanol–water partition coefficient (Wildman–Crippen LogP) is 5.37. The van der Waals surface area contributed by atoms with Crippen LogP contribution in [0.15, 0.2) is 51.9 Å². The lowest BCUT2D eigenvalue weighted by molar-refractivity contribution is -0.120. The first-order valence-electron chi connectivity index (χ1n) is 12.3. The van der Waals surface area contributed by atoms with E-state index in [1.165, 1.54) is 4.31 Å². The molecule has 2 aromatic carbocycles. The minimum Gasteiger partial charge on any atom is -0.355 e. The second kappa shape index (κ2) is 10.8. The molecule has 1 atom stereocenters. The number of anilines is 1. The average molecular weight is 508 g/mol. The fourth-order valence-corrected chi connectivity index (χ4v) is 6.29. The van der Waals surface area contributed by atoms with Crippen molar-refractivity contribution >= 4 is 33.8 Å². The highest BCUT2D eigenvalue weighted by atomic mass is 32.2. The first kappa shape index (κ1) is 25.9. The van der Waals surface area contributed by atoms with Crippen LogP contribution in [0.1, 0.15) is 53.5 Å². The Morgan fingerprint density at radius 1 is 1.17 bits per heavy atom. The van der Waals surface area contributed by atoms with Gasteiger partial charge in [-0.05, 0) is 74.9 Å². The van der Waals surface area contributed by atoms with E-state index in [1.807, 2.05) is 62.4 Å². The van der Waals surface area contributed by atoms with Crippen molar-refractivity contribution in [2.24, 2.45) is 5.92 Å². The van der Waals surface area contributed by atoms with Crippen molar-refractivity contribution in [3.05, 3.63) is 76.2 Å². The molecule has 0 aliphatic carbocycles. The van der Waals surface area contributed by atoms with Crippen LogP contribution in [0.5, 0.6) is 0 Å². The summed E-state index contributed by atoms with van der Waals surface area (Å²) in [7, 11) is -3.91. The van der Waals surface area contributed by atoms with Gasteiger partial charge in [-0.25, -0.2) is 8.42 Å². The maximum Gasteiger partial charge on any atom is 0.248 e. The molecule has 3 aromatic rings. The van der Waals surface area contributed by atoms with Gasteiger partial charge in [0.15, 0.2) is 10.7 Å². The molecule has 8 heteroatoms. The largest absolute Gasteiger partial charge is 0.355 e. The number of benzene rings is 2. The smallest absolute Gasteiger partial charge is 0.248 e. The number of carbonyl (C=O) groups is 1. The molecule has 0 bridgehead atoms. The standard InChI is InChI=1S/C28H33N3O4S/c1-5-22-8-6-10-25(17-22)29-28(32)24-9-7-15-31(18-24)36(33,34)27-21(4)30-35-26(27)14-13-23-16-19(2)11-12-20(23)3/h6,8,10-14,16-17,24H,5,7,9,15,18H2,1-4H3,(H,29,32)/b14-13+/t24-/m0/s1. The summed E-state index contributed by atoms with van der Waals surface area (Å²) in [5.41, 5.74) is 5.33. The number of aromatic nitrogens is 1. The number of nitrogens with one attached hydrogen (secondary N) is 1. The number of rotatable bonds is 7. The molecule has 2 heterocycles. The van der Waals surface area contributed by atoms with Crippen LogP contribution in [0.2, 0.25) is 0 Å². The number of hydrogen-bond donors (Lipinski definition) is 1. The lowest BCUT2D eigenvalue weighted by atomic mass is 9.98. The molecular formula is C28H33N3O4S. The van der Waals surface area contributed by atoms with Crippen LogP contribution in [0.25, 0.3) is 12.2 Å². The summed E-state index contributed by atoms with van der Waals surface area (Å²) >= 11 is 0. The second-order valence-corrected chi connectivity index (χ2v) is 11.3. The molecule has 1 fully saturated rings. The highest BCUT2D eigenvalue weighted by Crippen LogP contribution is 2.30. The Kier molecular flexibility index (Phi) is 7.76. The van der Waals surface area contributed by atoms with E-state index in [9.17, 15) is 13.2 Å². The molecule has 1 saturated heterocycles. The van der Waals surface area contributed by atoms with Crippen molar-refractivity contribution in [3.63, 3.8) is 0 Å². The zero-order chi connectivity index (χ0) is 25.9. The molecule has 36 heavy (non-hydrogen) atoms. The predicted molar refractivity (Wildman–Crippen MR) is 142 cm³/mol. The van der Waals surface area contributed by atoms with Crippen molar-refractivity contribution in [2.75, 3.05) is 18.4 Å². The molecule has 1 aliphatic rings. The summed E-state index contributed by atoms with van der Waals surface area (Å²) in [5.74, 6) is -0.412. The van der Waals surface area contributed by atoms with E-state index in [-0.39, 0.29) is 23.1 Å². The number of amides is 1. The third kappa shape index (κ3) is 5.60. The van der Waals surface area contributed by atoms with Gasteiger partial charge in [0, 0.05) is 18.8 Å². The van der Waals surface area contributed by atoms with Crippen molar-refractivity contribution < 1.29 is 17.7 Å². The van der Waals surface area contributed by atoms with Gasteiger partial charge in [0.05, 0.1) is 5.92 Å². The minimum atomic E-state index is -3.91. The zero-order valence-corrected chi connectivity index (χ0v) is 22.1. The maximum absolute atomic E-state index is 13.7. The van der Waals surface area contributed by atoms with E-state index in [0.717, 1.165) is 34.4 Å². The van der Waals surface area contributed by atoms with Gasteiger partial charge in [0.2, 0.25) is 15.9 Å². The topological polar surface area (TPSA) is 92.5 Å². The zero-order valence-electron chi connectivity index (χ0n) is 21.2. The molecule has 7 nitrogen and oxygen atoms in total. The van der Waals surface area contributed by atoms with Gasteiger partial charge in [0.25, 0.3) is 0 Å². The Morgan fingerprint density at radius 3 is 2.75 bits per heavy atom. The van der Waals surface area contributed by atoms with Crippen LogP contribution in [0, 0.1) is 26.7 Å². The molecule has 1 aromatic heterocycles. The third-order valence-electron chi connectivity index (χ3n) is 6.64. The average Bonchev–Trinajstić information content (AvgIpc) is 3.25. The van der Waals surface area contributed by atoms with Crippen LogP contribution < -0.4 is 5.32 Å². The van der Waals surface area contributed by atoms with Gasteiger partial charge in [-0.2, -0.15) is 4.31 Å². The molecular weight excluding hydrogens is 474 g/mol. The van der Waals surface area contributed by atoms with Crippen molar-refractivity contribution in [2.45, 2.75) is 51.9 Å². The molecule has 0 unspecified atom stereocenters. The Labute approximate surface area is 213 Å². The van der Waals surface area contributed by atoms with Crippen LogP contribution in [0.4, 0.5) is 5.69 Å². The van der Waals surface area contributed by atoms with Crippen molar-refractivity contribution in [3.8, 4) is 0 Å². The molecule has 0 saturated carbocycles. The number of aryl methyl sites for hydroxylation is 4. The molecule has 1 N–H and O–H groups in total. The Bertz CT molecular complexity index is 1390. The van der Waals surface area contributed by atoms with E-state index in [0.29, 0.717) is 25.1 Å². The summed E-state index contributed by atoms with van der Waals surface area (Å²) in [6, 6.07) is 13.8. The summed E-state index contributed by atoms with van der Waals surface area (Å²) in [6.45, 7) is 8.16. The van der Waals surface area contributed by atoms with Gasteiger partial charge in [-0.15, -0.1) is 0 Å². The molecule has 1 amide bonds. The SMILES string of the molecule is CCc1cccc(NC(=O)[C@H]2CCCN(S(=O)(=O)c3c(C)noc3/C=C/c3cc(C)ccc3C)C2)c1. The monoisotopic (exact) mass is 507 g/mol. The van der Waals surface area contributed by atoms with Gasteiger partial charge < -0.3 is 9.84 Å². The van der Waals surface area contributed by atoms with Crippen LogP contribution in [-0.4, -0.2) is 36.9 Å². The van der Waals surface area contributed by atoms with Crippen molar-refractivity contribution in [1.29, 1.82) is 0 Å². The summed E-state index contributed by atoms with van der Waals surface area (Å²) in [4.78, 5) is 13.1. The van der Waals surface area contributed by atoms with E-state index in [2.05, 4.69) is 17.4 Å². The van der Waals surface area contributed by atoms with E-state index < -0.39 is 15.9 Å².